The number of hydrogen-bond donors (Lipinski definition) is 3. The molecule has 2 amide bonds. The van der Waals surface area contributed by atoms with Crippen molar-refractivity contribution in [1.82, 2.24) is 35.0 Å². The molecule has 0 bridgehead atoms. The predicted octanol–water partition coefficient (Wildman–Crippen LogP) is 2.64. The van der Waals surface area contributed by atoms with Gasteiger partial charge in [0.05, 0.1) is 22.5 Å². The van der Waals surface area contributed by atoms with E-state index in [1.165, 1.54) is 12.4 Å². The standard InChI is InChI=1S/C22H20N8O2/c1-3-23-22(32)15-10-25-20(28-21(31)12-4-5-12)18-14(15)9-17(27-18)16-8-13(6-7-24-16)19-26-11-30(2)29-19/h3,6-12,27H,1,4-5H2,2H3,(H,23,32)(H,25,28,31). The van der Waals surface area contributed by atoms with Crippen molar-refractivity contribution in [2.24, 2.45) is 13.0 Å². The number of nitrogens with zero attached hydrogens (tertiary/aromatic N) is 5. The quantitative estimate of drug-likeness (QED) is 0.433. The number of H-pyrrole nitrogens is 1. The van der Waals surface area contributed by atoms with Gasteiger partial charge in [0.25, 0.3) is 5.91 Å². The zero-order chi connectivity index (χ0) is 22.2. The molecular weight excluding hydrogens is 408 g/mol. The molecule has 32 heavy (non-hydrogen) atoms. The third-order valence-electron chi connectivity index (χ3n) is 5.23. The summed E-state index contributed by atoms with van der Waals surface area (Å²) in [7, 11) is 1.80. The average Bonchev–Trinajstić information content (AvgIpc) is 3.40. The molecule has 0 saturated heterocycles. The number of hydrogen-bond acceptors (Lipinski definition) is 6. The minimum atomic E-state index is -0.345. The smallest absolute Gasteiger partial charge is 0.257 e. The Morgan fingerprint density at radius 1 is 1.25 bits per heavy atom. The summed E-state index contributed by atoms with van der Waals surface area (Å²) in [6.45, 7) is 3.54. The normalized spacial score (nSPS) is 13.2. The average molecular weight is 428 g/mol. The van der Waals surface area contributed by atoms with Gasteiger partial charge in [-0.15, -0.1) is 0 Å². The van der Waals surface area contributed by atoms with Crippen molar-refractivity contribution >= 4 is 28.5 Å². The molecular formula is C22H20N8O2. The molecule has 1 fully saturated rings. The number of anilines is 1. The fourth-order valence-corrected chi connectivity index (χ4v) is 3.45. The van der Waals surface area contributed by atoms with E-state index in [9.17, 15) is 9.59 Å². The Bertz CT molecular complexity index is 1370. The number of fused-ring (bicyclic) bond motifs is 1. The molecule has 0 radical (unpaired) electrons. The maximum Gasteiger partial charge on any atom is 0.257 e. The van der Waals surface area contributed by atoms with Crippen LogP contribution in [0.15, 0.2) is 49.7 Å². The van der Waals surface area contributed by atoms with Gasteiger partial charge in [-0.1, -0.05) is 6.58 Å². The fraction of sp³-hybridized carbons (Fsp3) is 0.182. The van der Waals surface area contributed by atoms with Crippen LogP contribution in [0.2, 0.25) is 0 Å². The summed E-state index contributed by atoms with van der Waals surface area (Å²) in [5.41, 5.74) is 3.02. The number of carbonyl (C=O) groups excluding carboxylic acids is 2. The Hall–Kier alpha value is -4.34. The van der Waals surface area contributed by atoms with E-state index in [4.69, 9.17) is 0 Å². The molecule has 10 nitrogen and oxygen atoms in total. The van der Waals surface area contributed by atoms with Crippen molar-refractivity contribution in [3.05, 3.63) is 55.3 Å². The van der Waals surface area contributed by atoms with Crippen LogP contribution in [0.4, 0.5) is 5.82 Å². The number of nitrogens with one attached hydrogen (secondary N) is 3. The summed E-state index contributed by atoms with van der Waals surface area (Å²) in [5.74, 6) is 0.564. The van der Waals surface area contributed by atoms with Gasteiger partial charge in [-0.3, -0.25) is 19.3 Å². The summed E-state index contributed by atoms with van der Waals surface area (Å²) < 4.78 is 1.63. The first kappa shape index (κ1) is 19.6. The van der Waals surface area contributed by atoms with Gasteiger partial charge in [-0.2, -0.15) is 5.10 Å². The van der Waals surface area contributed by atoms with Crippen LogP contribution in [0, 0.1) is 5.92 Å². The number of aromatic nitrogens is 6. The van der Waals surface area contributed by atoms with E-state index >= 15 is 0 Å². The third-order valence-corrected chi connectivity index (χ3v) is 5.23. The number of carbonyl (C=O) groups is 2. The molecule has 160 valence electrons. The Balaban J connectivity index is 1.60. The summed E-state index contributed by atoms with van der Waals surface area (Å²) in [5, 5.41) is 10.4. The zero-order valence-electron chi connectivity index (χ0n) is 17.3. The summed E-state index contributed by atoms with van der Waals surface area (Å²) in [6.07, 6.45) is 7.82. The molecule has 0 aromatic carbocycles. The molecule has 1 aliphatic rings. The molecule has 0 atom stereocenters. The highest BCUT2D eigenvalue weighted by atomic mass is 16.2. The van der Waals surface area contributed by atoms with E-state index in [0.717, 1.165) is 18.4 Å². The van der Waals surface area contributed by atoms with Crippen molar-refractivity contribution in [3.63, 3.8) is 0 Å². The Kier molecular flexibility index (Phi) is 4.74. The van der Waals surface area contributed by atoms with Crippen molar-refractivity contribution in [2.75, 3.05) is 5.32 Å². The molecule has 5 rings (SSSR count). The molecule has 4 aromatic rings. The van der Waals surface area contributed by atoms with E-state index < -0.39 is 0 Å². The maximum atomic E-state index is 12.5. The molecule has 0 aliphatic heterocycles. The van der Waals surface area contributed by atoms with Crippen molar-refractivity contribution < 1.29 is 9.59 Å². The SMILES string of the molecule is C=CNC(=O)c1cnc(NC(=O)C2CC2)c2[nH]c(-c3cc(-c4ncn(C)n4)ccn3)cc12. The van der Waals surface area contributed by atoms with Crippen LogP contribution in [-0.2, 0) is 11.8 Å². The molecule has 1 saturated carbocycles. The van der Waals surface area contributed by atoms with E-state index in [2.05, 4.69) is 42.2 Å². The second kappa shape index (κ2) is 7.73. The van der Waals surface area contributed by atoms with Gasteiger partial charge < -0.3 is 15.6 Å². The minimum absolute atomic E-state index is 0.0224. The Labute approximate surface area is 182 Å². The fourth-order valence-electron chi connectivity index (χ4n) is 3.45. The largest absolute Gasteiger partial charge is 0.350 e. The van der Waals surface area contributed by atoms with Crippen molar-refractivity contribution in [3.8, 4) is 22.8 Å². The van der Waals surface area contributed by atoms with Gasteiger partial charge in [0.2, 0.25) is 5.91 Å². The number of rotatable bonds is 6. The van der Waals surface area contributed by atoms with Crippen molar-refractivity contribution in [2.45, 2.75) is 12.8 Å². The highest BCUT2D eigenvalue weighted by molar-refractivity contribution is 6.11. The molecule has 3 N–H and O–H groups in total. The van der Waals surface area contributed by atoms with Gasteiger partial charge in [-0.25, -0.2) is 9.97 Å². The number of aromatic amines is 1. The first-order valence-electron chi connectivity index (χ1n) is 10.1. The number of aryl methyl sites for hydroxylation is 1. The minimum Gasteiger partial charge on any atom is -0.350 e. The lowest BCUT2D eigenvalue weighted by molar-refractivity contribution is -0.117. The van der Waals surface area contributed by atoms with Gasteiger partial charge in [0.15, 0.2) is 11.6 Å². The van der Waals surface area contributed by atoms with Gasteiger partial charge in [-0.05, 0) is 37.2 Å². The molecule has 0 unspecified atom stereocenters. The second-order valence-corrected chi connectivity index (χ2v) is 7.60. The van der Waals surface area contributed by atoms with Crippen LogP contribution in [-0.4, -0.2) is 41.5 Å². The summed E-state index contributed by atoms with van der Waals surface area (Å²) in [4.78, 5) is 41.2. The second-order valence-electron chi connectivity index (χ2n) is 7.60. The molecule has 1 aliphatic carbocycles. The van der Waals surface area contributed by atoms with Crippen molar-refractivity contribution in [1.29, 1.82) is 0 Å². The van der Waals surface area contributed by atoms with Gasteiger partial charge >= 0.3 is 0 Å². The van der Waals surface area contributed by atoms with Crippen LogP contribution in [0.5, 0.6) is 0 Å². The summed E-state index contributed by atoms with van der Waals surface area (Å²) in [6, 6.07) is 5.51. The lowest BCUT2D eigenvalue weighted by atomic mass is 10.1. The Morgan fingerprint density at radius 2 is 2.09 bits per heavy atom. The van der Waals surface area contributed by atoms with Crippen LogP contribution in [0.25, 0.3) is 33.7 Å². The van der Waals surface area contributed by atoms with Crippen LogP contribution >= 0.6 is 0 Å². The van der Waals surface area contributed by atoms with Crippen LogP contribution < -0.4 is 10.6 Å². The van der Waals surface area contributed by atoms with E-state index in [-0.39, 0.29) is 17.7 Å². The van der Waals surface area contributed by atoms with Gasteiger partial charge in [0.1, 0.15) is 6.33 Å². The molecule has 10 heteroatoms. The lowest BCUT2D eigenvalue weighted by Gasteiger charge is -2.07. The predicted molar refractivity (Wildman–Crippen MR) is 118 cm³/mol. The maximum absolute atomic E-state index is 12.5. The van der Waals surface area contributed by atoms with E-state index in [1.807, 2.05) is 18.2 Å². The first-order chi connectivity index (χ1) is 15.5. The third kappa shape index (κ3) is 3.62. The first-order valence-corrected chi connectivity index (χ1v) is 10.1. The van der Waals surface area contributed by atoms with Gasteiger partial charge in [0, 0.05) is 36.3 Å². The molecule has 4 aromatic heterocycles. The zero-order valence-corrected chi connectivity index (χ0v) is 17.3. The summed E-state index contributed by atoms with van der Waals surface area (Å²) >= 11 is 0. The van der Waals surface area contributed by atoms with Crippen LogP contribution in [0.1, 0.15) is 23.2 Å². The highest BCUT2D eigenvalue weighted by Gasteiger charge is 2.30. The topological polar surface area (TPSA) is 130 Å². The number of amides is 2. The monoisotopic (exact) mass is 428 g/mol. The van der Waals surface area contributed by atoms with E-state index in [1.54, 1.807) is 24.3 Å². The lowest BCUT2D eigenvalue weighted by Crippen LogP contribution is -2.18. The van der Waals surface area contributed by atoms with Crippen LogP contribution in [0.3, 0.4) is 0 Å². The molecule has 0 spiro atoms. The molecule has 4 heterocycles. The highest BCUT2D eigenvalue weighted by Crippen LogP contribution is 2.33. The van der Waals surface area contributed by atoms with E-state index in [0.29, 0.717) is 39.5 Å². The number of pyridine rings is 2. The Morgan fingerprint density at radius 3 is 2.81 bits per heavy atom.